The van der Waals surface area contributed by atoms with Crippen LogP contribution in [-0.2, 0) is 4.79 Å². The zero-order chi connectivity index (χ0) is 19.9. The molecule has 0 aliphatic heterocycles. The smallest absolute Gasteiger partial charge is 0.253 e. The summed E-state index contributed by atoms with van der Waals surface area (Å²) in [6.07, 6.45) is 1.31. The van der Waals surface area contributed by atoms with Gasteiger partial charge in [-0.05, 0) is 35.9 Å². The normalized spacial score (nSPS) is 11.3. The molecule has 2 amide bonds. The van der Waals surface area contributed by atoms with Crippen molar-refractivity contribution in [2.75, 3.05) is 12.4 Å². The maximum Gasteiger partial charge on any atom is 0.253 e. The molecule has 1 aromatic heterocycles. The Kier molecular flexibility index (Phi) is 5.86. The maximum absolute atomic E-state index is 12.9. The Morgan fingerprint density at radius 2 is 1.68 bits per heavy atom. The molecular formula is C21H19N3O4. The molecule has 7 heteroatoms. The standard InChI is InChI=1S/C21H19N3O4/c1-28-17-10-8-16(9-11-17)23-21(27)19(14-5-3-2-4-6-14)24-20(26)15-7-12-18(25)22-13-15/h2-13,19H,1H3,(H,22,25)(H,23,27)(H,24,26)/t19-/m1/s1. The minimum atomic E-state index is -0.914. The van der Waals surface area contributed by atoms with Crippen LogP contribution in [0.4, 0.5) is 5.69 Å². The molecular weight excluding hydrogens is 358 g/mol. The quantitative estimate of drug-likeness (QED) is 0.614. The van der Waals surface area contributed by atoms with Crippen molar-refractivity contribution >= 4 is 17.5 Å². The van der Waals surface area contributed by atoms with Gasteiger partial charge < -0.3 is 20.4 Å². The van der Waals surface area contributed by atoms with Crippen LogP contribution >= 0.6 is 0 Å². The lowest BCUT2D eigenvalue weighted by atomic mass is 10.1. The van der Waals surface area contributed by atoms with E-state index in [0.717, 1.165) is 0 Å². The number of methoxy groups -OCH3 is 1. The van der Waals surface area contributed by atoms with Gasteiger partial charge in [-0.3, -0.25) is 14.4 Å². The van der Waals surface area contributed by atoms with Crippen LogP contribution < -0.4 is 20.9 Å². The van der Waals surface area contributed by atoms with Gasteiger partial charge in [0, 0.05) is 18.0 Å². The number of pyridine rings is 1. The predicted octanol–water partition coefficient (Wildman–Crippen LogP) is 2.49. The first-order valence-electron chi connectivity index (χ1n) is 8.56. The molecule has 1 heterocycles. The molecule has 142 valence electrons. The highest BCUT2D eigenvalue weighted by Crippen LogP contribution is 2.19. The first kappa shape index (κ1) is 18.9. The minimum absolute atomic E-state index is 0.248. The molecule has 0 fully saturated rings. The van der Waals surface area contributed by atoms with E-state index in [0.29, 0.717) is 17.0 Å². The third-order valence-electron chi connectivity index (χ3n) is 4.07. The van der Waals surface area contributed by atoms with E-state index in [2.05, 4.69) is 15.6 Å². The van der Waals surface area contributed by atoms with E-state index in [1.807, 2.05) is 6.07 Å². The molecule has 0 bridgehead atoms. The van der Waals surface area contributed by atoms with Crippen LogP contribution in [-0.4, -0.2) is 23.9 Å². The Morgan fingerprint density at radius 3 is 2.29 bits per heavy atom. The van der Waals surface area contributed by atoms with Crippen LogP contribution in [0.1, 0.15) is 22.0 Å². The fraction of sp³-hybridized carbons (Fsp3) is 0.0952. The van der Waals surface area contributed by atoms with Crippen molar-refractivity contribution in [2.45, 2.75) is 6.04 Å². The minimum Gasteiger partial charge on any atom is -0.497 e. The fourth-order valence-electron chi connectivity index (χ4n) is 2.60. The van der Waals surface area contributed by atoms with Gasteiger partial charge >= 0.3 is 0 Å². The Balaban J connectivity index is 1.81. The van der Waals surface area contributed by atoms with Gasteiger partial charge in [0.1, 0.15) is 11.8 Å². The monoisotopic (exact) mass is 377 g/mol. The lowest BCUT2D eigenvalue weighted by Gasteiger charge is -2.19. The van der Waals surface area contributed by atoms with Crippen LogP contribution in [0.15, 0.2) is 77.7 Å². The number of rotatable bonds is 6. The number of hydrogen-bond donors (Lipinski definition) is 3. The number of anilines is 1. The number of carbonyl (C=O) groups is 2. The second-order valence-corrected chi connectivity index (χ2v) is 5.98. The maximum atomic E-state index is 12.9. The van der Waals surface area contributed by atoms with Crippen LogP contribution in [0, 0.1) is 0 Å². The number of nitrogens with one attached hydrogen (secondary N) is 3. The third-order valence-corrected chi connectivity index (χ3v) is 4.07. The van der Waals surface area contributed by atoms with Gasteiger partial charge in [0.25, 0.3) is 11.8 Å². The fourth-order valence-corrected chi connectivity index (χ4v) is 2.60. The molecule has 1 atom stereocenters. The molecule has 0 saturated carbocycles. The van der Waals surface area contributed by atoms with Crippen LogP contribution in [0.25, 0.3) is 0 Å². The summed E-state index contributed by atoms with van der Waals surface area (Å²) in [5.74, 6) is -0.201. The van der Waals surface area contributed by atoms with Crippen molar-refractivity contribution in [3.63, 3.8) is 0 Å². The Hall–Kier alpha value is -3.87. The molecule has 3 aromatic rings. The van der Waals surface area contributed by atoms with E-state index in [9.17, 15) is 14.4 Å². The van der Waals surface area contributed by atoms with Crippen molar-refractivity contribution in [1.29, 1.82) is 0 Å². The SMILES string of the molecule is COc1ccc(NC(=O)[C@H](NC(=O)c2ccc(=O)[nH]c2)c2ccccc2)cc1. The number of aromatic nitrogens is 1. The van der Waals surface area contributed by atoms with Crippen molar-refractivity contribution in [3.8, 4) is 5.75 Å². The number of ether oxygens (including phenoxy) is 1. The molecule has 0 aliphatic carbocycles. The highest BCUT2D eigenvalue weighted by molar-refractivity contribution is 6.01. The van der Waals surface area contributed by atoms with Crippen LogP contribution in [0.5, 0.6) is 5.75 Å². The van der Waals surface area contributed by atoms with E-state index in [1.54, 1.807) is 55.6 Å². The first-order chi connectivity index (χ1) is 13.6. The largest absolute Gasteiger partial charge is 0.497 e. The molecule has 2 aromatic carbocycles. The van der Waals surface area contributed by atoms with E-state index < -0.39 is 17.9 Å². The topological polar surface area (TPSA) is 100 Å². The number of benzene rings is 2. The molecule has 7 nitrogen and oxygen atoms in total. The zero-order valence-electron chi connectivity index (χ0n) is 15.1. The molecule has 0 spiro atoms. The molecule has 0 unspecified atom stereocenters. The van der Waals surface area contributed by atoms with Crippen molar-refractivity contribution in [3.05, 3.63) is 94.4 Å². The summed E-state index contributed by atoms with van der Waals surface area (Å²) >= 11 is 0. The molecule has 0 saturated heterocycles. The Bertz CT molecular complexity index is 993. The molecule has 0 radical (unpaired) electrons. The van der Waals surface area contributed by atoms with Crippen LogP contribution in [0.3, 0.4) is 0 Å². The van der Waals surface area contributed by atoms with Gasteiger partial charge in [0.2, 0.25) is 5.56 Å². The van der Waals surface area contributed by atoms with E-state index >= 15 is 0 Å². The van der Waals surface area contributed by atoms with Crippen molar-refractivity contribution < 1.29 is 14.3 Å². The number of aromatic amines is 1. The lowest BCUT2D eigenvalue weighted by Crippen LogP contribution is -2.37. The Labute approximate surface area is 161 Å². The molecule has 0 aliphatic rings. The van der Waals surface area contributed by atoms with Crippen LogP contribution in [0.2, 0.25) is 0 Å². The summed E-state index contributed by atoms with van der Waals surface area (Å²) in [5, 5.41) is 5.50. The predicted molar refractivity (Wildman–Crippen MR) is 105 cm³/mol. The van der Waals surface area contributed by atoms with E-state index in [-0.39, 0.29) is 11.1 Å². The summed E-state index contributed by atoms with van der Waals surface area (Å²) in [5.41, 5.74) is 1.14. The third kappa shape index (κ3) is 4.64. The lowest BCUT2D eigenvalue weighted by molar-refractivity contribution is -0.118. The molecule has 3 rings (SSSR count). The summed E-state index contributed by atoms with van der Waals surface area (Å²) in [6, 6.07) is 17.5. The second kappa shape index (κ2) is 8.68. The van der Waals surface area contributed by atoms with Gasteiger partial charge in [-0.15, -0.1) is 0 Å². The van der Waals surface area contributed by atoms with Crippen molar-refractivity contribution in [1.82, 2.24) is 10.3 Å². The molecule has 28 heavy (non-hydrogen) atoms. The van der Waals surface area contributed by atoms with Crippen molar-refractivity contribution in [2.24, 2.45) is 0 Å². The van der Waals surface area contributed by atoms with Gasteiger partial charge in [-0.2, -0.15) is 0 Å². The Morgan fingerprint density at radius 1 is 0.964 bits per heavy atom. The number of hydrogen-bond acceptors (Lipinski definition) is 4. The van der Waals surface area contributed by atoms with Gasteiger partial charge in [-0.1, -0.05) is 30.3 Å². The van der Waals surface area contributed by atoms with E-state index in [1.165, 1.54) is 18.3 Å². The first-order valence-corrected chi connectivity index (χ1v) is 8.56. The zero-order valence-corrected chi connectivity index (χ0v) is 15.1. The highest BCUT2D eigenvalue weighted by atomic mass is 16.5. The summed E-state index contributed by atoms with van der Waals surface area (Å²) in [4.78, 5) is 39.1. The number of amides is 2. The van der Waals surface area contributed by atoms with Gasteiger partial charge in [0.15, 0.2) is 0 Å². The average Bonchev–Trinajstić information content (AvgIpc) is 2.73. The summed E-state index contributed by atoms with van der Waals surface area (Å²) < 4.78 is 5.11. The molecule has 3 N–H and O–H groups in total. The van der Waals surface area contributed by atoms with Gasteiger partial charge in [0.05, 0.1) is 12.7 Å². The van der Waals surface area contributed by atoms with E-state index in [4.69, 9.17) is 4.74 Å². The summed E-state index contributed by atoms with van der Waals surface area (Å²) in [7, 11) is 1.56. The second-order valence-electron chi connectivity index (χ2n) is 5.98. The number of H-pyrrole nitrogens is 1. The highest BCUT2D eigenvalue weighted by Gasteiger charge is 2.23. The summed E-state index contributed by atoms with van der Waals surface area (Å²) in [6.45, 7) is 0. The average molecular weight is 377 g/mol. The number of carbonyl (C=O) groups excluding carboxylic acids is 2. The van der Waals surface area contributed by atoms with Gasteiger partial charge in [-0.25, -0.2) is 0 Å².